The fourth-order valence-electron chi connectivity index (χ4n) is 3.18. The zero-order valence-electron chi connectivity index (χ0n) is 13.6. The van der Waals surface area contributed by atoms with Crippen molar-refractivity contribution in [3.63, 3.8) is 0 Å². The van der Waals surface area contributed by atoms with Gasteiger partial charge in [0, 0.05) is 12.1 Å². The van der Waals surface area contributed by atoms with E-state index in [2.05, 4.69) is 31.0 Å². The lowest BCUT2D eigenvalue weighted by molar-refractivity contribution is 0.191. The molecule has 1 aliphatic heterocycles. The third kappa shape index (κ3) is 7.94. The van der Waals surface area contributed by atoms with Crippen LogP contribution < -0.4 is 5.32 Å². The highest BCUT2D eigenvalue weighted by atomic mass is 15.1. The largest absolute Gasteiger partial charge is 0.311 e. The molecule has 1 heterocycles. The molecule has 0 saturated carbocycles. The number of piperidine rings is 1. The predicted molar refractivity (Wildman–Crippen MR) is 85.7 cm³/mol. The lowest BCUT2D eigenvalue weighted by atomic mass is 10.0. The Bertz CT molecular complexity index is 197. The summed E-state index contributed by atoms with van der Waals surface area (Å²) in [5, 5.41) is 3.85. The zero-order chi connectivity index (χ0) is 13.9. The molecule has 0 spiro atoms. The minimum atomic E-state index is 0.712. The Morgan fingerprint density at radius 2 is 1.68 bits per heavy atom. The van der Waals surface area contributed by atoms with Crippen LogP contribution >= 0.6 is 0 Å². The molecule has 1 rings (SSSR count). The number of hydrogen-bond donors (Lipinski definition) is 1. The van der Waals surface area contributed by atoms with Gasteiger partial charge in [0.1, 0.15) is 0 Å². The summed E-state index contributed by atoms with van der Waals surface area (Å²) in [5.74, 6) is 0. The average Bonchev–Trinajstić information content (AvgIpc) is 2.41. The number of rotatable bonds is 10. The third-order valence-electron chi connectivity index (χ3n) is 4.39. The molecule has 0 aromatic heterocycles. The first kappa shape index (κ1) is 17.0. The van der Waals surface area contributed by atoms with Gasteiger partial charge >= 0.3 is 0 Å². The first-order valence-corrected chi connectivity index (χ1v) is 8.74. The molecule has 19 heavy (non-hydrogen) atoms. The maximum atomic E-state index is 3.85. The Balaban J connectivity index is 2.01. The number of likely N-dealkylation sites (tertiary alicyclic amines) is 1. The first-order chi connectivity index (χ1) is 9.26. The molecule has 0 aliphatic carbocycles. The van der Waals surface area contributed by atoms with Crippen LogP contribution in [-0.2, 0) is 0 Å². The Morgan fingerprint density at radius 1 is 1.00 bits per heavy atom. The van der Waals surface area contributed by atoms with Gasteiger partial charge in [0.05, 0.1) is 0 Å². The van der Waals surface area contributed by atoms with E-state index in [0.717, 1.165) is 6.04 Å². The molecule has 1 unspecified atom stereocenters. The maximum absolute atomic E-state index is 3.85. The molecule has 0 aromatic carbocycles. The molecule has 0 radical (unpaired) electrons. The van der Waals surface area contributed by atoms with E-state index < -0.39 is 0 Å². The van der Waals surface area contributed by atoms with Crippen molar-refractivity contribution in [2.45, 2.75) is 90.6 Å². The van der Waals surface area contributed by atoms with Gasteiger partial charge in [-0.25, -0.2) is 0 Å². The summed E-state index contributed by atoms with van der Waals surface area (Å²) in [7, 11) is 0. The van der Waals surface area contributed by atoms with Gasteiger partial charge in [-0.3, -0.25) is 0 Å². The van der Waals surface area contributed by atoms with Crippen molar-refractivity contribution >= 4 is 0 Å². The summed E-state index contributed by atoms with van der Waals surface area (Å²) >= 11 is 0. The minimum Gasteiger partial charge on any atom is -0.311 e. The van der Waals surface area contributed by atoms with Crippen molar-refractivity contribution in [3.05, 3.63) is 0 Å². The van der Waals surface area contributed by atoms with Gasteiger partial charge < -0.3 is 10.2 Å². The van der Waals surface area contributed by atoms with Gasteiger partial charge in [0.25, 0.3) is 0 Å². The van der Waals surface area contributed by atoms with Crippen molar-refractivity contribution < 1.29 is 0 Å². The molecule has 0 amide bonds. The number of hydrogen-bond acceptors (Lipinski definition) is 2. The van der Waals surface area contributed by atoms with Crippen LogP contribution in [0.5, 0.6) is 0 Å². The molecule has 2 nitrogen and oxygen atoms in total. The fourth-order valence-corrected chi connectivity index (χ4v) is 3.18. The van der Waals surface area contributed by atoms with Crippen LogP contribution in [0.4, 0.5) is 0 Å². The summed E-state index contributed by atoms with van der Waals surface area (Å²) < 4.78 is 0. The molecular weight excluding hydrogens is 232 g/mol. The van der Waals surface area contributed by atoms with Crippen LogP contribution in [-0.4, -0.2) is 36.6 Å². The Morgan fingerprint density at radius 3 is 2.32 bits per heavy atom. The second-order valence-corrected chi connectivity index (χ2v) is 6.39. The highest BCUT2D eigenvalue weighted by molar-refractivity contribution is 4.79. The van der Waals surface area contributed by atoms with Crippen LogP contribution in [0.1, 0.15) is 78.6 Å². The Hall–Kier alpha value is -0.0800. The van der Waals surface area contributed by atoms with E-state index >= 15 is 0 Å². The summed E-state index contributed by atoms with van der Waals surface area (Å²) in [6.45, 7) is 10.8. The van der Waals surface area contributed by atoms with Gasteiger partial charge in [0.2, 0.25) is 0 Å². The molecular formula is C17H36N2. The molecule has 0 bridgehead atoms. The summed E-state index contributed by atoms with van der Waals surface area (Å²) in [4.78, 5) is 2.62. The lowest BCUT2D eigenvalue weighted by Gasteiger charge is -2.33. The summed E-state index contributed by atoms with van der Waals surface area (Å²) in [6, 6.07) is 1.49. The summed E-state index contributed by atoms with van der Waals surface area (Å²) in [5.41, 5.74) is 0. The second kappa shape index (κ2) is 10.7. The van der Waals surface area contributed by atoms with Gasteiger partial charge in [-0.05, 0) is 52.2 Å². The second-order valence-electron chi connectivity index (χ2n) is 6.39. The highest BCUT2D eigenvalue weighted by Gasteiger charge is 2.19. The van der Waals surface area contributed by atoms with E-state index in [9.17, 15) is 0 Å². The molecule has 1 fully saturated rings. The SMILES string of the molecule is CCCCCCCC(C)NC1CCN(CCC)CC1. The van der Waals surface area contributed by atoms with E-state index in [1.165, 1.54) is 77.4 Å². The van der Waals surface area contributed by atoms with Crippen molar-refractivity contribution in [2.75, 3.05) is 19.6 Å². The van der Waals surface area contributed by atoms with Gasteiger partial charge in [-0.2, -0.15) is 0 Å². The smallest absolute Gasteiger partial charge is 0.00938 e. The normalized spacial score (nSPS) is 19.7. The number of nitrogens with zero attached hydrogens (tertiary/aromatic N) is 1. The van der Waals surface area contributed by atoms with E-state index in [1.807, 2.05) is 0 Å². The van der Waals surface area contributed by atoms with Crippen molar-refractivity contribution in [2.24, 2.45) is 0 Å². The zero-order valence-corrected chi connectivity index (χ0v) is 13.6. The van der Waals surface area contributed by atoms with Crippen LogP contribution in [0, 0.1) is 0 Å². The topological polar surface area (TPSA) is 15.3 Å². The molecule has 1 aliphatic rings. The summed E-state index contributed by atoms with van der Waals surface area (Å²) in [6.07, 6.45) is 12.4. The quantitative estimate of drug-likeness (QED) is 0.597. The van der Waals surface area contributed by atoms with E-state index in [4.69, 9.17) is 0 Å². The third-order valence-corrected chi connectivity index (χ3v) is 4.39. The monoisotopic (exact) mass is 268 g/mol. The van der Waals surface area contributed by atoms with E-state index in [0.29, 0.717) is 6.04 Å². The van der Waals surface area contributed by atoms with Crippen molar-refractivity contribution in [1.29, 1.82) is 0 Å². The van der Waals surface area contributed by atoms with Gasteiger partial charge in [-0.15, -0.1) is 0 Å². The standard InChI is InChI=1S/C17H36N2/c1-4-6-7-8-9-10-16(3)18-17-11-14-19(13-5-2)15-12-17/h16-18H,4-15H2,1-3H3. The molecule has 1 saturated heterocycles. The Kier molecular flexibility index (Phi) is 9.54. The van der Waals surface area contributed by atoms with Gasteiger partial charge in [0.15, 0.2) is 0 Å². The van der Waals surface area contributed by atoms with Crippen molar-refractivity contribution in [1.82, 2.24) is 10.2 Å². The van der Waals surface area contributed by atoms with Crippen molar-refractivity contribution in [3.8, 4) is 0 Å². The molecule has 0 aromatic rings. The maximum Gasteiger partial charge on any atom is 0.00938 e. The van der Waals surface area contributed by atoms with Crippen LogP contribution in [0.3, 0.4) is 0 Å². The van der Waals surface area contributed by atoms with Gasteiger partial charge in [-0.1, -0.05) is 46.0 Å². The lowest BCUT2D eigenvalue weighted by Crippen LogP contribution is -2.45. The predicted octanol–water partition coefficient (Wildman–Crippen LogP) is 4.20. The molecule has 1 atom stereocenters. The number of unbranched alkanes of at least 4 members (excludes halogenated alkanes) is 4. The average molecular weight is 268 g/mol. The molecule has 1 N–H and O–H groups in total. The fraction of sp³-hybridized carbons (Fsp3) is 1.00. The first-order valence-electron chi connectivity index (χ1n) is 8.74. The molecule has 2 heteroatoms. The van der Waals surface area contributed by atoms with E-state index in [1.54, 1.807) is 0 Å². The molecule has 114 valence electrons. The van der Waals surface area contributed by atoms with E-state index in [-0.39, 0.29) is 0 Å². The number of nitrogens with one attached hydrogen (secondary N) is 1. The van der Waals surface area contributed by atoms with Crippen LogP contribution in [0.2, 0.25) is 0 Å². The van der Waals surface area contributed by atoms with Crippen LogP contribution in [0.15, 0.2) is 0 Å². The highest BCUT2D eigenvalue weighted by Crippen LogP contribution is 2.13. The van der Waals surface area contributed by atoms with Crippen LogP contribution in [0.25, 0.3) is 0 Å². The minimum absolute atomic E-state index is 0.712. The Labute approximate surface area is 121 Å².